The van der Waals surface area contributed by atoms with Crippen molar-refractivity contribution in [3.05, 3.63) is 0 Å². The maximum atomic E-state index is 12.0. The van der Waals surface area contributed by atoms with Crippen LogP contribution in [0.5, 0.6) is 0 Å². The number of urea groups is 1. The van der Waals surface area contributed by atoms with Gasteiger partial charge in [-0.3, -0.25) is 0 Å². The number of amides is 2. The Morgan fingerprint density at radius 1 is 1.25 bits per heavy atom. The van der Waals surface area contributed by atoms with E-state index in [1.165, 1.54) is 6.42 Å². The van der Waals surface area contributed by atoms with Crippen LogP contribution in [0.1, 0.15) is 59.3 Å². The van der Waals surface area contributed by atoms with Gasteiger partial charge in [-0.2, -0.15) is 0 Å². The van der Waals surface area contributed by atoms with Crippen LogP contribution in [-0.2, 0) is 4.79 Å². The van der Waals surface area contributed by atoms with Gasteiger partial charge < -0.3 is 15.7 Å². The van der Waals surface area contributed by atoms with E-state index in [1.54, 1.807) is 0 Å². The summed E-state index contributed by atoms with van der Waals surface area (Å²) in [7, 11) is 0. The van der Waals surface area contributed by atoms with Crippen LogP contribution in [-0.4, -0.2) is 29.2 Å². The van der Waals surface area contributed by atoms with E-state index in [4.69, 9.17) is 5.11 Å². The van der Waals surface area contributed by atoms with Crippen LogP contribution in [0, 0.1) is 11.8 Å². The van der Waals surface area contributed by atoms with Crippen LogP contribution in [0.25, 0.3) is 0 Å². The molecular weight excluding hydrogens is 256 g/mol. The minimum atomic E-state index is -0.969. The molecule has 3 N–H and O–H groups in total. The molecule has 1 fully saturated rings. The first kappa shape index (κ1) is 16.8. The molecule has 4 atom stereocenters. The SMILES string of the molecule is CC[C@H](C)[C@H](NC(=O)NC1CCCC(C)CC1)C(=O)O. The van der Waals surface area contributed by atoms with Gasteiger partial charge in [0.2, 0.25) is 0 Å². The summed E-state index contributed by atoms with van der Waals surface area (Å²) in [6.07, 6.45) is 6.15. The lowest BCUT2D eigenvalue weighted by atomic mass is 9.99. The zero-order chi connectivity index (χ0) is 15.1. The number of nitrogens with one attached hydrogen (secondary N) is 2. The summed E-state index contributed by atoms with van der Waals surface area (Å²) >= 11 is 0. The quantitative estimate of drug-likeness (QED) is 0.679. The van der Waals surface area contributed by atoms with Crippen molar-refractivity contribution in [2.45, 2.75) is 71.4 Å². The molecule has 0 saturated heterocycles. The number of aliphatic carboxylic acids is 1. The van der Waals surface area contributed by atoms with Gasteiger partial charge in [0.25, 0.3) is 0 Å². The van der Waals surface area contributed by atoms with Crippen molar-refractivity contribution in [3.63, 3.8) is 0 Å². The Morgan fingerprint density at radius 3 is 2.55 bits per heavy atom. The van der Waals surface area contributed by atoms with Gasteiger partial charge in [0.15, 0.2) is 0 Å². The van der Waals surface area contributed by atoms with Crippen molar-refractivity contribution in [1.82, 2.24) is 10.6 Å². The highest BCUT2D eigenvalue weighted by atomic mass is 16.4. The summed E-state index contributed by atoms with van der Waals surface area (Å²) < 4.78 is 0. The third-order valence-corrected chi connectivity index (χ3v) is 4.36. The fourth-order valence-corrected chi connectivity index (χ4v) is 2.68. The maximum absolute atomic E-state index is 12.0. The highest BCUT2D eigenvalue weighted by molar-refractivity contribution is 5.82. The molecule has 0 bridgehead atoms. The lowest BCUT2D eigenvalue weighted by molar-refractivity contribution is -0.140. The lowest BCUT2D eigenvalue weighted by Gasteiger charge is -2.23. The smallest absolute Gasteiger partial charge is 0.326 e. The molecule has 5 nitrogen and oxygen atoms in total. The van der Waals surface area contributed by atoms with E-state index in [0.29, 0.717) is 0 Å². The average molecular weight is 284 g/mol. The van der Waals surface area contributed by atoms with E-state index in [2.05, 4.69) is 17.6 Å². The van der Waals surface area contributed by atoms with Gasteiger partial charge in [-0.15, -0.1) is 0 Å². The first-order chi connectivity index (χ1) is 9.43. The van der Waals surface area contributed by atoms with Gasteiger partial charge in [-0.05, 0) is 31.1 Å². The van der Waals surface area contributed by atoms with Crippen molar-refractivity contribution in [1.29, 1.82) is 0 Å². The Hall–Kier alpha value is -1.26. The van der Waals surface area contributed by atoms with Crippen LogP contribution >= 0.6 is 0 Å². The Morgan fingerprint density at radius 2 is 1.95 bits per heavy atom. The van der Waals surface area contributed by atoms with Gasteiger partial charge in [-0.1, -0.05) is 40.0 Å². The largest absolute Gasteiger partial charge is 0.480 e. The summed E-state index contributed by atoms with van der Waals surface area (Å²) in [6, 6.07) is -0.992. The van der Waals surface area contributed by atoms with Crippen molar-refractivity contribution in [2.24, 2.45) is 11.8 Å². The van der Waals surface area contributed by atoms with E-state index in [1.807, 2.05) is 13.8 Å². The van der Waals surface area contributed by atoms with Crippen molar-refractivity contribution < 1.29 is 14.7 Å². The van der Waals surface area contributed by atoms with E-state index in [-0.39, 0.29) is 18.0 Å². The van der Waals surface area contributed by atoms with Gasteiger partial charge in [0.1, 0.15) is 6.04 Å². The first-order valence-electron chi connectivity index (χ1n) is 7.73. The Labute approximate surface area is 121 Å². The molecule has 0 aliphatic heterocycles. The molecular formula is C15H28N2O3. The molecule has 0 aromatic rings. The summed E-state index contributed by atoms with van der Waals surface area (Å²) in [6.45, 7) is 6.01. The second kappa shape index (κ2) is 8.12. The van der Waals surface area contributed by atoms with E-state index >= 15 is 0 Å². The van der Waals surface area contributed by atoms with E-state index < -0.39 is 12.0 Å². The number of carbonyl (C=O) groups is 2. The molecule has 1 rings (SSSR count). The summed E-state index contributed by atoms with van der Waals surface area (Å²) in [5, 5.41) is 14.7. The third kappa shape index (κ3) is 5.39. The highest BCUT2D eigenvalue weighted by Crippen LogP contribution is 2.22. The van der Waals surface area contributed by atoms with Crippen LogP contribution in [0.4, 0.5) is 4.79 Å². The van der Waals surface area contributed by atoms with E-state index in [9.17, 15) is 9.59 Å². The molecule has 116 valence electrons. The molecule has 0 spiro atoms. The fraction of sp³-hybridized carbons (Fsp3) is 0.867. The number of rotatable bonds is 5. The van der Waals surface area contributed by atoms with Crippen LogP contribution in [0.3, 0.4) is 0 Å². The number of carboxylic acids is 1. The summed E-state index contributed by atoms with van der Waals surface area (Å²) in [5.74, 6) is -0.326. The molecule has 0 radical (unpaired) electrons. The van der Waals surface area contributed by atoms with Crippen LogP contribution < -0.4 is 10.6 Å². The molecule has 0 aromatic heterocycles. The average Bonchev–Trinajstić information content (AvgIpc) is 2.60. The van der Waals surface area contributed by atoms with Gasteiger partial charge in [0.05, 0.1) is 0 Å². The molecule has 20 heavy (non-hydrogen) atoms. The van der Waals surface area contributed by atoms with Crippen molar-refractivity contribution in [2.75, 3.05) is 0 Å². The number of hydrogen-bond acceptors (Lipinski definition) is 2. The molecule has 1 saturated carbocycles. The first-order valence-corrected chi connectivity index (χ1v) is 7.73. The van der Waals surface area contributed by atoms with Gasteiger partial charge >= 0.3 is 12.0 Å². The van der Waals surface area contributed by atoms with Crippen molar-refractivity contribution >= 4 is 12.0 Å². The number of carbonyl (C=O) groups excluding carboxylic acids is 1. The Kier molecular flexibility index (Phi) is 6.82. The minimum Gasteiger partial charge on any atom is -0.480 e. The van der Waals surface area contributed by atoms with Crippen molar-refractivity contribution in [3.8, 4) is 0 Å². The molecule has 2 unspecified atom stereocenters. The molecule has 0 aromatic carbocycles. The van der Waals surface area contributed by atoms with Gasteiger partial charge in [-0.25, -0.2) is 9.59 Å². The number of hydrogen-bond donors (Lipinski definition) is 3. The molecule has 0 heterocycles. The summed E-state index contributed by atoms with van der Waals surface area (Å²) in [5.41, 5.74) is 0. The predicted octanol–water partition coefficient (Wildman–Crippen LogP) is 2.75. The standard InChI is InChI=1S/C15H28N2O3/c1-4-11(3)13(14(18)19)17-15(20)16-12-7-5-6-10(2)8-9-12/h10-13H,4-9H2,1-3H3,(H,18,19)(H2,16,17,20)/t10?,11-,12?,13-/m0/s1. The molecule has 1 aliphatic carbocycles. The minimum absolute atomic E-state index is 0.0765. The summed E-state index contributed by atoms with van der Waals surface area (Å²) in [4.78, 5) is 23.1. The molecule has 1 aliphatic rings. The topological polar surface area (TPSA) is 78.4 Å². The second-order valence-electron chi connectivity index (χ2n) is 6.13. The zero-order valence-electron chi connectivity index (χ0n) is 12.8. The second-order valence-corrected chi connectivity index (χ2v) is 6.13. The molecule has 2 amide bonds. The fourth-order valence-electron chi connectivity index (χ4n) is 2.68. The van der Waals surface area contributed by atoms with Gasteiger partial charge in [0, 0.05) is 6.04 Å². The van der Waals surface area contributed by atoms with Crippen LogP contribution in [0.2, 0.25) is 0 Å². The van der Waals surface area contributed by atoms with E-state index in [0.717, 1.165) is 38.0 Å². The normalized spacial score (nSPS) is 26.1. The molecule has 5 heteroatoms. The monoisotopic (exact) mass is 284 g/mol. The van der Waals surface area contributed by atoms with Crippen LogP contribution in [0.15, 0.2) is 0 Å². The lowest BCUT2D eigenvalue weighted by Crippen LogP contribution is -2.51. The predicted molar refractivity (Wildman–Crippen MR) is 78.6 cm³/mol. The third-order valence-electron chi connectivity index (χ3n) is 4.36. The zero-order valence-corrected chi connectivity index (χ0v) is 12.8. The highest BCUT2D eigenvalue weighted by Gasteiger charge is 2.26. The number of carboxylic acid groups (broad SMARTS) is 1. The Balaban J connectivity index is 2.46. The maximum Gasteiger partial charge on any atom is 0.326 e. The Bertz CT molecular complexity index is 333.